The zero-order chi connectivity index (χ0) is 24.2. The average molecular weight is 480 g/mol. The topological polar surface area (TPSA) is 75.4 Å². The van der Waals surface area contributed by atoms with Gasteiger partial charge in [0.1, 0.15) is 35.2 Å². The molecule has 1 aliphatic rings. The summed E-state index contributed by atoms with van der Waals surface area (Å²) in [5.74, 6) is -0.382. The van der Waals surface area contributed by atoms with Gasteiger partial charge in [0.15, 0.2) is 0 Å². The molecule has 0 radical (unpaired) electrons. The first-order chi connectivity index (χ1) is 17.1. The molecule has 9 heteroatoms. The van der Waals surface area contributed by atoms with Gasteiger partial charge in [0, 0.05) is 32.2 Å². The first-order valence-electron chi connectivity index (χ1n) is 11.7. The number of phenolic OH excluding ortho intramolecular Hbond substituents is 1. The molecule has 5 rings (SSSR count). The molecular weight excluding hydrogens is 452 g/mol. The number of hydrogen-bond donors (Lipinski definition) is 2. The molecule has 1 saturated heterocycles. The van der Waals surface area contributed by atoms with Gasteiger partial charge in [-0.05, 0) is 66.6 Å². The lowest BCUT2D eigenvalue weighted by Gasteiger charge is -2.26. The zero-order valence-corrected chi connectivity index (χ0v) is 19.3. The zero-order valence-electron chi connectivity index (χ0n) is 19.3. The van der Waals surface area contributed by atoms with Crippen molar-refractivity contribution in [3.05, 3.63) is 72.1 Å². The van der Waals surface area contributed by atoms with E-state index >= 15 is 0 Å². The van der Waals surface area contributed by atoms with E-state index < -0.39 is 11.6 Å². The standard InChI is InChI=1S/C26H27F2N5O2/c27-20-12-18(13-21(28)14-20)16-33-24(19-2-4-22(34)5-3-19)15-23-25(30-17-31-26(23)33)29-6-1-7-32-8-10-35-11-9-32/h2-5,12-15,17,34H,1,6-11,16H2,(H,29,30,31). The van der Waals surface area contributed by atoms with Gasteiger partial charge in [-0.25, -0.2) is 18.7 Å². The SMILES string of the molecule is Oc1ccc(-c2cc3c(NCCCN4CCOCC4)ncnc3n2Cc2cc(F)cc(F)c2)cc1. The first-order valence-corrected chi connectivity index (χ1v) is 11.7. The largest absolute Gasteiger partial charge is 0.508 e. The molecule has 0 bridgehead atoms. The van der Waals surface area contributed by atoms with E-state index in [0.717, 1.165) is 68.5 Å². The molecule has 182 valence electrons. The van der Waals surface area contributed by atoms with Crippen LogP contribution in [0.3, 0.4) is 0 Å². The lowest BCUT2D eigenvalue weighted by molar-refractivity contribution is 0.0378. The molecule has 0 atom stereocenters. The molecular formula is C26H27F2N5O2. The van der Waals surface area contributed by atoms with Crippen molar-refractivity contribution < 1.29 is 18.6 Å². The fraction of sp³-hybridized carbons (Fsp3) is 0.308. The van der Waals surface area contributed by atoms with E-state index in [4.69, 9.17) is 4.74 Å². The van der Waals surface area contributed by atoms with E-state index in [0.29, 0.717) is 17.0 Å². The molecule has 35 heavy (non-hydrogen) atoms. The van der Waals surface area contributed by atoms with Crippen LogP contribution >= 0.6 is 0 Å². The Bertz CT molecular complexity index is 1280. The van der Waals surface area contributed by atoms with E-state index in [1.54, 1.807) is 24.3 Å². The number of hydrogen-bond acceptors (Lipinski definition) is 6. The van der Waals surface area contributed by atoms with E-state index in [2.05, 4.69) is 20.2 Å². The second-order valence-corrected chi connectivity index (χ2v) is 8.63. The molecule has 0 spiro atoms. The predicted octanol–water partition coefficient (Wildman–Crippen LogP) is 4.26. The minimum atomic E-state index is -0.625. The van der Waals surface area contributed by atoms with Crippen LogP contribution in [0.2, 0.25) is 0 Å². The number of aromatic nitrogens is 3. The maximum atomic E-state index is 13.9. The lowest BCUT2D eigenvalue weighted by atomic mass is 10.1. The van der Waals surface area contributed by atoms with Crippen molar-refractivity contribution >= 4 is 16.9 Å². The lowest BCUT2D eigenvalue weighted by Crippen LogP contribution is -2.37. The molecule has 2 N–H and O–H groups in total. The van der Waals surface area contributed by atoms with Gasteiger partial charge >= 0.3 is 0 Å². The number of phenols is 1. The monoisotopic (exact) mass is 479 g/mol. The maximum Gasteiger partial charge on any atom is 0.146 e. The van der Waals surface area contributed by atoms with Gasteiger partial charge in [-0.2, -0.15) is 0 Å². The number of aromatic hydroxyl groups is 1. The Balaban J connectivity index is 1.45. The Kier molecular flexibility index (Phi) is 6.87. The van der Waals surface area contributed by atoms with Gasteiger partial charge in [0.25, 0.3) is 0 Å². The number of nitrogens with one attached hydrogen (secondary N) is 1. The quantitative estimate of drug-likeness (QED) is 0.368. The van der Waals surface area contributed by atoms with Crippen molar-refractivity contribution in [2.45, 2.75) is 13.0 Å². The molecule has 1 aliphatic heterocycles. The van der Waals surface area contributed by atoms with E-state index in [1.807, 2.05) is 10.6 Å². The molecule has 0 amide bonds. The van der Waals surface area contributed by atoms with Gasteiger partial charge < -0.3 is 19.7 Å². The number of rotatable bonds is 8. The van der Waals surface area contributed by atoms with Crippen molar-refractivity contribution in [1.82, 2.24) is 19.4 Å². The van der Waals surface area contributed by atoms with Crippen LogP contribution in [0.4, 0.5) is 14.6 Å². The first kappa shape index (κ1) is 23.2. The third-order valence-electron chi connectivity index (χ3n) is 6.16. The summed E-state index contributed by atoms with van der Waals surface area (Å²) in [4.78, 5) is 11.3. The Labute approximate surface area is 202 Å². The summed E-state index contributed by atoms with van der Waals surface area (Å²) >= 11 is 0. The van der Waals surface area contributed by atoms with Crippen molar-refractivity contribution in [2.24, 2.45) is 0 Å². The minimum Gasteiger partial charge on any atom is -0.508 e. The van der Waals surface area contributed by atoms with Gasteiger partial charge in [0.2, 0.25) is 0 Å². The summed E-state index contributed by atoms with van der Waals surface area (Å²) in [7, 11) is 0. The Morgan fingerprint density at radius 3 is 2.46 bits per heavy atom. The second-order valence-electron chi connectivity index (χ2n) is 8.63. The molecule has 0 aliphatic carbocycles. The van der Waals surface area contributed by atoms with Crippen LogP contribution in [0.5, 0.6) is 5.75 Å². The number of anilines is 1. The molecule has 7 nitrogen and oxygen atoms in total. The number of ether oxygens (including phenoxy) is 1. The summed E-state index contributed by atoms with van der Waals surface area (Å²) in [6, 6.07) is 12.3. The molecule has 0 saturated carbocycles. The van der Waals surface area contributed by atoms with Gasteiger partial charge in [0.05, 0.1) is 24.3 Å². The summed E-state index contributed by atoms with van der Waals surface area (Å²) in [5, 5.41) is 14.0. The highest BCUT2D eigenvalue weighted by Crippen LogP contribution is 2.32. The Hall–Kier alpha value is -3.56. The van der Waals surface area contributed by atoms with E-state index in [-0.39, 0.29) is 12.3 Å². The van der Waals surface area contributed by atoms with Crippen LogP contribution < -0.4 is 5.32 Å². The van der Waals surface area contributed by atoms with E-state index in [9.17, 15) is 13.9 Å². The van der Waals surface area contributed by atoms with Gasteiger partial charge in [-0.3, -0.25) is 4.90 Å². The van der Waals surface area contributed by atoms with Crippen LogP contribution in [0, 0.1) is 11.6 Å². The average Bonchev–Trinajstić information content (AvgIpc) is 3.21. The highest BCUT2D eigenvalue weighted by molar-refractivity contribution is 5.92. The summed E-state index contributed by atoms with van der Waals surface area (Å²) in [6.07, 6.45) is 2.45. The smallest absolute Gasteiger partial charge is 0.146 e. The molecule has 4 aromatic rings. The highest BCUT2D eigenvalue weighted by atomic mass is 19.1. The van der Waals surface area contributed by atoms with Crippen LogP contribution in [0.15, 0.2) is 54.9 Å². The van der Waals surface area contributed by atoms with Gasteiger partial charge in [-0.1, -0.05) is 0 Å². The number of halogens is 2. The second kappa shape index (κ2) is 10.4. The van der Waals surface area contributed by atoms with Crippen molar-refractivity contribution in [2.75, 3.05) is 44.7 Å². The van der Waals surface area contributed by atoms with Crippen molar-refractivity contribution in [3.63, 3.8) is 0 Å². The third-order valence-corrected chi connectivity index (χ3v) is 6.16. The maximum absolute atomic E-state index is 13.9. The summed E-state index contributed by atoms with van der Waals surface area (Å²) in [6.45, 7) is 5.43. The minimum absolute atomic E-state index is 0.158. The molecule has 3 heterocycles. The summed E-state index contributed by atoms with van der Waals surface area (Å²) in [5.41, 5.74) is 2.79. The van der Waals surface area contributed by atoms with Crippen LogP contribution in [-0.4, -0.2) is 63.9 Å². The summed E-state index contributed by atoms with van der Waals surface area (Å²) < 4.78 is 35.1. The van der Waals surface area contributed by atoms with Crippen molar-refractivity contribution in [3.8, 4) is 17.0 Å². The number of fused-ring (bicyclic) bond motifs is 1. The van der Waals surface area contributed by atoms with Crippen LogP contribution in [-0.2, 0) is 11.3 Å². The number of benzene rings is 2. The molecule has 0 unspecified atom stereocenters. The molecule has 2 aromatic carbocycles. The fourth-order valence-electron chi connectivity index (χ4n) is 4.45. The number of morpholine rings is 1. The normalized spacial score (nSPS) is 14.5. The Morgan fingerprint density at radius 2 is 1.71 bits per heavy atom. The Morgan fingerprint density at radius 1 is 0.971 bits per heavy atom. The number of nitrogens with zero attached hydrogens (tertiary/aromatic N) is 4. The molecule has 1 fully saturated rings. The van der Waals surface area contributed by atoms with Crippen LogP contribution in [0.1, 0.15) is 12.0 Å². The predicted molar refractivity (Wildman–Crippen MR) is 130 cm³/mol. The van der Waals surface area contributed by atoms with E-state index in [1.165, 1.54) is 18.5 Å². The third kappa shape index (κ3) is 5.41. The van der Waals surface area contributed by atoms with Gasteiger partial charge in [-0.15, -0.1) is 0 Å². The van der Waals surface area contributed by atoms with Crippen LogP contribution in [0.25, 0.3) is 22.3 Å². The fourth-order valence-corrected chi connectivity index (χ4v) is 4.45. The highest BCUT2D eigenvalue weighted by Gasteiger charge is 2.17. The molecule has 2 aromatic heterocycles. The van der Waals surface area contributed by atoms with Crippen molar-refractivity contribution in [1.29, 1.82) is 0 Å².